The van der Waals surface area contributed by atoms with Crippen molar-refractivity contribution in [1.29, 1.82) is 0 Å². The van der Waals surface area contributed by atoms with Crippen molar-refractivity contribution in [2.75, 3.05) is 13.2 Å². The first kappa shape index (κ1) is 47.8. The third-order valence-electron chi connectivity index (χ3n) is 8.02. The van der Waals surface area contributed by atoms with Crippen molar-refractivity contribution in [3.8, 4) is 0 Å². The SMILES string of the molecule is CC/C=C\C/C=C\C/C=C\C/C=C\CCCCCCC(=O)OC[C@H](COP(=O)(O)O)OC(=O)CCCCCCCCC/C=C\CCCCCC. The number of hydrogen-bond donors (Lipinski definition) is 2. The lowest BCUT2D eigenvalue weighted by Crippen LogP contribution is -2.29. The summed E-state index contributed by atoms with van der Waals surface area (Å²) >= 11 is 0. The minimum atomic E-state index is -4.76. The van der Waals surface area contributed by atoms with Crippen LogP contribution in [0.5, 0.6) is 0 Å². The molecular formula is C41H71O8P. The Morgan fingerprint density at radius 1 is 0.540 bits per heavy atom. The average Bonchev–Trinajstić information content (AvgIpc) is 3.08. The second-order valence-electron chi connectivity index (χ2n) is 12.9. The molecule has 0 fully saturated rings. The van der Waals surface area contributed by atoms with Gasteiger partial charge >= 0.3 is 19.8 Å². The van der Waals surface area contributed by atoms with Crippen molar-refractivity contribution >= 4 is 19.8 Å². The van der Waals surface area contributed by atoms with E-state index in [1.807, 2.05) is 0 Å². The van der Waals surface area contributed by atoms with Crippen molar-refractivity contribution in [1.82, 2.24) is 0 Å². The fourth-order valence-electron chi connectivity index (χ4n) is 5.12. The molecule has 0 aromatic carbocycles. The van der Waals surface area contributed by atoms with Crippen molar-refractivity contribution < 1.29 is 37.9 Å². The number of esters is 2. The molecule has 0 aromatic rings. The van der Waals surface area contributed by atoms with Crippen LogP contribution in [-0.2, 0) is 28.2 Å². The van der Waals surface area contributed by atoms with E-state index < -0.39 is 32.5 Å². The molecule has 0 aliphatic rings. The largest absolute Gasteiger partial charge is 0.469 e. The molecule has 0 bridgehead atoms. The summed E-state index contributed by atoms with van der Waals surface area (Å²) in [5.74, 6) is -0.922. The Morgan fingerprint density at radius 2 is 0.960 bits per heavy atom. The zero-order valence-corrected chi connectivity index (χ0v) is 32.4. The molecule has 0 rings (SSSR count). The maximum atomic E-state index is 12.4. The molecule has 0 aromatic heterocycles. The molecule has 50 heavy (non-hydrogen) atoms. The van der Waals surface area contributed by atoms with Crippen LogP contribution in [0.3, 0.4) is 0 Å². The highest BCUT2D eigenvalue weighted by molar-refractivity contribution is 7.46. The van der Waals surface area contributed by atoms with Gasteiger partial charge in [-0.05, 0) is 77.0 Å². The number of phosphoric ester groups is 1. The van der Waals surface area contributed by atoms with Crippen molar-refractivity contribution in [2.24, 2.45) is 0 Å². The summed E-state index contributed by atoms with van der Waals surface area (Å²) in [7, 11) is -4.76. The van der Waals surface area contributed by atoms with Gasteiger partial charge in [0.25, 0.3) is 0 Å². The quantitative estimate of drug-likeness (QED) is 0.0287. The Kier molecular flexibility index (Phi) is 34.9. The van der Waals surface area contributed by atoms with Gasteiger partial charge in [-0.25, -0.2) is 4.57 Å². The maximum absolute atomic E-state index is 12.4. The van der Waals surface area contributed by atoms with E-state index in [4.69, 9.17) is 19.3 Å². The molecule has 0 saturated heterocycles. The van der Waals surface area contributed by atoms with Gasteiger partial charge in [-0.15, -0.1) is 0 Å². The van der Waals surface area contributed by atoms with E-state index in [2.05, 4.69) is 79.1 Å². The van der Waals surface area contributed by atoms with E-state index in [0.29, 0.717) is 12.8 Å². The van der Waals surface area contributed by atoms with Crippen LogP contribution in [0.1, 0.15) is 168 Å². The Balaban J connectivity index is 4.01. The molecular weight excluding hydrogens is 651 g/mol. The second-order valence-corrected chi connectivity index (χ2v) is 14.1. The van der Waals surface area contributed by atoms with E-state index in [9.17, 15) is 14.2 Å². The lowest BCUT2D eigenvalue weighted by molar-refractivity contribution is -0.161. The third-order valence-corrected chi connectivity index (χ3v) is 8.51. The van der Waals surface area contributed by atoms with Crippen molar-refractivity contribution in [2.45, 2.75) is 174 Å². The standard InChI is InChI=1S/C41H71O8P/c1-3-5-7-9-11-13-15-17-19-20-22-23-25-27-29-31-33-35-40(42)47-37-39(38-48-50(44,45)46)49-41(43)36-34-32-30-28-26-24-21-18-16-14-12-10-8-6-4-2/h5,7,11,13-14,16-17,19,22-23,39H,3-4,6,8-10,12,15,18,20-21,24-38H2,1-2H3,(H2,44,45,46)/b7-5-,13-11-,16-14-,19-17-,23-22-/t39-/m1/s1. The zero-order valence-electron chi connectivity index (χ0n) is 31.5. The van der Waals surface area contributed by atoms with E-state index >= 15 is 0 Å². The minimum Gasteiger partial charge on any atom is -0.462 e. The molecule has 1 atom stereocenters. The van der Waals surface area contributed by atoms with Crippen LogP contribution in [0.25, 0.3) is 0 Å². The molecule has 0 saturated carbocycles. The van der Waals surface area contributed by atoms with Gasteiger partial charge in [0.2, 0.25) is 0 Å². The average molecular weight is 723 g/mol. The first-order chi connectivity index (χ1) is 24.3. The first-order valence-corrected chi connectivity index (χ1v) is 21.1. The van der Waals surface area contributed by atoms with E-state index in [0.717, 1.165) is 77.0 Å². The summed E-state index contributed by atoms with van der Waals surface area (Å²) in [6, 6.07) is 0. The van der Waals surface area contributed by atoms with Gasteiger partial charge in [0.05, 0.1) is 6.61 Å². The van der Waals surface area contributed by atoms with Crippen LogP contribution in [0.2, 0.25) is 0 Å². The third kappa shape index (κ3) is 38.6. The van der Waals surface area contributed by atoms with Gasteiger partial charge < -0.3 is 19.3 Å². The number of carbonyl (C=O) groups is 2. The zero-order chi connectivity index (χ0) is 36.8. The molecule has 0 spiro atoms. The minimum absolute atomic E-state index is 0.199. The summed E-state index contributed by atoms with van der Waals surface area (Å²) in [6.45, 7) is 3.52. The summed E-state index contributed by atoms with van der Waals surface area (Å²) in [5.41, 5.74) is 0. The second kappa shape index (κ2) is 36.5. The number of allylic oxidation sites excluding steroid dienone is 10. The van der Waals surface area contributed by atoms with E-state index in [-0.39, 0.29) is 19.4 Å². The van der Waals surface area contributed by atoms with Gasteiger partial charge in [0.1, 0.15) is 6.61 Å². The number of unbranched alkanes of at least 4 members (excludes halogenated alkanes) is 15. The summed E-state index contributed by atoms with van der Waals surface area (Å²) < 4.78 is 26.3. The van der Waals surface area contributed by atoms with Crippen LogP contribution < -0.4 is 0 Å². The summed E-state index contributed by atoms with van der Waals surface area (Å²) in [6.07, 6.45) is 45.1. The van der Waals surface area contributed by atoms with Gasteiger partial charge in [-0.1, -0.05) is 139 Å². The Hall–Kier alpha value is -2.25. The normalized spacial score (nSPS) is 13.1. The number of rotatable bonds is 35. The fraction of sp³-hybridized carbons (Fsp3) is 0.707. The fourth-order valence-corrected chi connectivity index (χ4v) is 5.48. The Labute approximate surface area is 305 Å². The van der Waals surface area contributed by atoms with Crippen molar-refractivity contribution in [3.63, 3.8) is 0 Å². The van der Waals surface area contributed by atoms with Crippen LogP contribution >= 0.6 is 7.82 Å². The highest BCUT2D eigenvalue weighted by Gasteiger charge is 2.22. The van der Waals surface area contributed by atoms with Gasteiger partial charge in [0, 0.05) is 12.8 Å². The van der Waals surface area contributed by atoms with E-state index in [1.165, 1.54) is 51.4 Å². The molecule has 8 nitrogen and oxygen atoms in total. The molecule has 0 unspecified atom stereocenters. The summed E-state index contributed by atoms with van der Waals surface area (Å²) in [4.78, 5) is 42.8. The molecule has 0 amide bonds. The smallest absolute Gasteiger partial charge is 0.462 e. The molecule has 0 radical (unpaired) electrons. The molecule has 0 aliphatic heterocycles. The van der Waals surface area contributed by atoms with Crippen molar-refractivity contribution in [3.05, 3.63) is 60.8 Å². The van der Waals surface area contributed by atoms with Gasteiger partial charge in [0.15, 0.2) is 6.10 Å². The van der Waals surface area contributed by atoms with Crippen LogP contribution in [0.15, 0.2) is 60.8 Å². The monoisotopic (exact) mass is 722 g/mol. The Morgan fingerprint density at radius 3 is 1.46 bits per heavy atom. The topological polar surface area (TPSA) is 119 Å². The molecule has 2 N–H and O–H groups in total. The number of carbonyl (C=O) groups excluding carboxylic acids is 2. The highest BCUT2D eigenvalue weighted by atomic mass is 31.2. The van der Waals surface area contributed by atoms with Gasteiger partial charge in [-0.2, -0.15) is 0 Å². The molecule has 9 heteroatoms. The molecule has 288 valence electrons. The highest BCUT2D eigenvalue weighted by Crippen LogP contribution is 2.36. The molecule has 0 aliphatic carbocycles. The van der Waals surface area contributed by atoms with E-state index in [1.54, 1.807) is 0 Å². The summed E-state index contributed by atoms with van der Waals surface area (Å²) in [5, 5.41) is 0. The predicted octanol–water partition coefficient (Wildman–Crippen LogP) is 11.7. The van der Waals surface area contributed by atoms with Crippen LogP contribution in [0.4, 0.5) is 0 Å². The number of phosphoric acid groups is 1. The predicted molar refractivity (Wildman–Crippen MR) is 207 cm³/mol. The Bertz CT molecular complexity index is 995. The first-order valence-electron chi connectivity index (χ1n) is 19.6. The van der Waals surface area contributed by atoms with Crippen LogP contribution in [-0.4, -0.2) is 41.0 Å². The van der Waals surface area contributed by atoms with Gasteiger partial charge in [-0.3, -0.25) is 14.1 Å². The maximum Gasteiger partial charge on any atom is 0.469 e. The number of ether oxygens (including phenoxy) is 2. The molecule has 0 heterocycles. The lowest BCUT2D eigenvalue weighted by atomic mass is 10.1. The lowest BCUT2D eigenvalue weighted by Gasteiger charge is -2.18. The van der Waals surface area contributed by atoms with Crippen LogP contribution in [0, 0.1) is 0 Å². The number of hydrogen-bond acceptors (Lipinski definition) is 6.